The molecule has 1 aromatic heterocycles. The number of nitrogens with zero attached hydrogens (tertiary/aromatic N) is 1. The lowest BCUT2D eigenvalue weighted by Gasteiger charge is -2.18. The van der Waals surface area contributed by atoms with E-state index in [0.717, 1.165) is 17.0 Å². The Bertz CT molecular complexity index is 599. The third-order valence-electron chi connectivity index (χ3n) is 3.13. The first-order valence-electron chi connectivity index (χ1n) is 6.06. The second kappa shape index (κ2) is 5.36. The first-order chi connectivity index (χ1) is 9.02. The lowest BCUT2D eigenvalue weighted by atomic mass is 9.97. The summed E-state index contributed by atoms with van der Waals surface area (Å²) in [5.74, 6) is 0.248. The average molecular weight is 260 g/mol. The lowest BCUT2D eigenvalue weighted by Crippen LogP contribution is -2.15. The molecule has 0 radical (unpaired) electrons. The van der Waals surface area contributed by atoms with E-state index in [1.165, 1.54) is 12.1 Å². The number of halogens is 1. The van der Waals surface area contributed by atoms with Gasteiger partial charge in [0.2, 0.25) is 0 Å². The largest absolute Gasteiger partial charge is 0.496 e. The summed E-state index contributed by atoms with van der Waals surface area (Å²) in [6, 6.07) is 7.71. The van der Waals surface area contributed by atoms with Gasteiger partial charge in [-0.1, -0.05) is 6.07 Å². The van der Waals surface area contributed by atoms with E-state index >= 15 is 0 Å². The van der Waals surface area contributed by atoms with Crippen LogP contribution in [0.2, 0.25) is 0 Å². The molecule has 0 spiro atoms. The second-order valence-electron chi connectivity index (χ2n) is 4.49. The van der Waals surface area contributed by atoms with Crippen LogP contribution in [0.5, 0.6) is 5.75 Å². The molecule has 4 heteroatoms. The van der Waals surface area contributed by atoms with E-state index < -0.39 is 6.04 Å². The summed E-state index contributed by atoms with van der Waals surface area (Å²) in [6.45, 7) is 3.82. The molecule has 0 aliphatic rings. The third-order valence-corrected chi connectivity index (χ3v) is 3.13. The van der Waals surface area contributed by atoms with Gasteiger partial charge in [0.05, 0.1) is 13.2 Å². The summed E-state index contributed by atoms with van der Waals surface area (Å²) < 4.78 is 18.6. The van der Waals surface area contributed by atoms with Gasteiger partial charge in [-0.25, -0.2) is 4.39 Å². The van der Waals surface area contributed by atoms with E-state index in [9.17, 15) is 4.39 Å². The highest BCUT2D eigenvalue weighted by atomic mass is 19.1. The Morgan fingerprint density at radius 1 is 1.16 bits per heavy atom. The van der Waals surface area contributed by atoms with Crippen LogP contribution in [0, 0.1) is 19.7 Å². The van der Waals surface area contributed by atoms with Crippen molar-refractivity contribution in [3.05, 3.63) is 58.7 Å². The van der Waals surface area contributed by atoms with Crippen LogP contribution in [-0.4, -0.2) is 12.1 Å². The molecule has 100 valence electrons. The van der Waals surface area contributed by atoms with Crippen LogP contribution in [0.15, 0.2) is 30.3 Å². The number of ether oxygens (including phenoxy) is 1. The van der Waals surface area contributed by atoms with Crippen molar-refractivity contribution in [2.75, 3.05) is 7.11 Å². The third kappa shape index (κ3) is 2.74. The Labute approximate surface area is 112 Å². The Hall–Kier alpha value is -1.94. The molecule has 2 N–H and O–H groups in total. The number of methoxy groups -OCH3 is 1. The standard InChI is InChI=1S/C15H17FN2O/c1-9-4-6-12(10(2)18-9)15(17)13-8-11(16)5-7-14(13)19-3/h4-8,15H,17H2,1-3H3. The molecule has 1 aromatic carbocycles. The van der Waals surface area contributed by atoms with E-state index in [4.69, 9.17) is 10.5 Å². The number of benzene rings is 1. The van der Waals surface area contributed by atoms with Crippen molar-refractivity contribution in [1.82, 2.24) is 4.98 Å². The fourth-order valence-electron chi connectivity index (χ4n) is 2.14. The summed E-state index contributed by atoms with van der Waals surface area (Å²) in [7, 11) is 1.55. The maximum atomic E-state index is 13.4. The fourth-order valence-corrected chi connectivity index (χ4v) is 2.14. The highest BCUT2D eigenvalue weighted by Gasteiger charge is 2.17. The highest BCUT2D eigenvalue weighted by Crippen LogP contribution is 2.30. The molecular formula is C15H17FN2O. The molecule has 1 atom stereocenters. The quantitative estimate of drug-likeness (QED) is 0.923. The maximum absolute atomic E-state index is 13.4. The van der Waals surface area contributed by atoms with E-state index in [2.05, 4.69) is 4.98 Å². The van der Waals surface area contributed by atoms with Crippen molar-refractivity contribution < 1.29 is 9.13 Å². The zero-order valence-electron chi connectivity index (χ0n) is 11.3. The Kier molecular flexibility index (Phi) is 3.81. The molecule has 19 heavy (non-hydrogen) atoms. The van der Waals surface area contributed by atoms with Crippen LogP contribution in [0.4, 0.5) is 4.39 Å². The lowest BCUT2D eigenvalue weighted by molar-refractivity contribution is 0.406. The van der Waals surface area contributed by atoms with Crippen molar-refractivity contribution in [3.8, 4) is 5.75 Å². The van der Waals surface area contributed by atoms with E-state index in [1.54, 1.807) is 13.2 Å². The van der Waals surface area contributed by atoms with Crippen LogP contribution in [-0.2, 0) is 0 Å². The zero-order chi connectivity index (χ0) is 14.0. The summed E-state index contributed by atoms with van der Waals surface area (Å²) in [4.78, 5) is 4.38. The summed E-state index contributed by atoms with van der Waals surface area (Å²) in [5, 5.41) is 0. The zero-order valence-corrected chi connectivity index (χ0v) is 11.3. The number of hydrogen-bond acceptors (Lipinski definition) is 3. The van der Waals surface area contributed by atoms with E-state index in [1.807, 2.05) is 26.0 Å². The van der Waals surface area contributed by atoms with Gasteiger partial charge >= 0.3 is 0 Å². The SMILES string of the molecule is COc1ccc(F)cc1C(N)c1ccc(C)nc1C. The summed E-state index contributed by atoms with van der Waals surface area (Å²) >= 11 is 0. The van der Waals surface area contributed by atoms with Crippen molar-refractivity contribution >= 4 is 0 Å². The first kappa shape index (κ1) is 13.5. The van der Waals surface area contributed by atoms with Crippen LogP contribution >= 0.6 is 0 Å². The number of nitrogens with two attached hydrogens (primary N) is 1. The minimum absolute atomic E-state index is 0.330. The van der Waals surface area contributed by atoms with Gasteiger partial charge in [-0.3, -0.25) is 4.98 Å². The second-order valence-corrected chi connectivity index (χ2v) is 4.49. The van der Waals surface area contributed by atoms with Crippen LogP contribution < -0.4 is 10.5 Å². The molecule has 2 aromatic rings. The van der Waals surface area contributed by atoms with Gasteiger partial charge in [0.15, 0.2) is 0 Å². The van der Waals surface area contributed by atoms with E-state index in [0.29, 0.717) is 11.3 Å². The van der Waals surface area contributed by atoms with Crippen molar-refractivity contribution in [2.24, 2.45) is 5.73 Å². The predicted octanol–water partition coefficient (Wildman–Crippen LogP) is 2.89. The monoisotopic (exact) mass is 260 g/mol. The highest BCUT2D eigenvalue weighted by molar-refractivity contribution is 5.42. The number of aryl methyl sites for hydroxylation is 2. The molecule has 0 aliphatic carbocycles. The van der Waals surface area contributed by atoms with Gasteiger partial charge in [-0.05, 0) is 43.7 Å². The molecule has 0 saturated heterocycles. The normalized spacial score (nSPS) is 12.3. The number of hydrogen-bond donors (Lipinski definition) is 1. The van der Waals surface area contributed by atoms with Crippen molar-refractivity contribution in [2.45, 2.75) is 19.9 Å². The van der Waals surface area contributed by atoms with Gasteiger partial charge in [-0.15, -0.1) is 0 Å². The fraction of sp³-hybridized carbons (Fsp3) is 0.267. The number of aromatic nitrogens is 1. The molecule has 1 heterocycles. The van der Waals surface area contributed by atoms with Crippen LogP contribution in [0.3, 0.4) is 0 Å². The van der Waals surface area contributed by atoms with Gasteiger partial charge in [-0.2, -0.15) is 0 Å². The Morgan fingerprint density at radius 2 is 1.89 bits per heavy atom. The molecule has 0 fully saturated rings. The first-order valence-corrected chi connectivity index (χ1v) is 6.06. The van der Waals surface area contributed by atoms with Gasteiger partial charge in [0.25, 0.3) is 0 Å². The molecule has 0 saturated carbocycles. The summed E-state index contributed by atoms with van der Waals surface area (Å²) in [5.41, 5.74) is 9.49. The molecule has 3 nitrogen and oxygen atoms in total. The summed E-state index contributed by atoms with van der Waals surface area (Å²) in [6.07, 6.45) is 0. The van der Waals surface area contributed by atoms with Crippen LogP contribution in [0.25, 0.3) is 0 Å². The molecule has 0 bridgehead atoms. The van der Waals surface area contributed by atoms with E-state index in [-0.39, 0.29) is 5.82 Å². The Morgan fingerprint density at radius 3 is 2.53 bits per heavy atom. The molecular weight excluding hydrogens is 243 g/mol. The minimum Gasteiger partial charge on any atom is -0.496 e. The average Bonchev–Trinajstić information content (AvgIpc) is 2.38. The Balaban J connectivity index is 2.49. The predicted molar refractivity (Wildman–Crippen MR) is 72.7 cm³/mol. The van der Waals surface area contributed by atoms with Crippen molar-refractivity contribution in [1.29, 1.82) is 0 Å². The minimum atomic E-state index is -0.459. The van der Waals surface area contributed by atoms with Gasteiger partial charge in [0, 0.05) is 17.0 Å². The molecule has 0 amide bonds. The topological polar surface area (TPSA) is 48.1 Å². The van der Waals surface area contributed by atoms with Crippen LogP contribution in [0.1, 0.15) is 28.6 Å². The molecule has 2 rings (SSSR count). The smallest absolute Gasteiger partial charge is 0.124 e. The van der Waals surface area contributed by atoms with Gasteiger partial charge < -0.3 is 10.5 Å². The maximum Gasteiger partial charge on any atom is 0.124 e. The van der Waals surface area contributed by atoms with Gasteiger partial charge in [0.1, 0.15) is 11.6 Å². The number of rotatable bonds is 3. The molecule has 1 unspecified atom stereocenters. The van der Waals surface area contributed by atoms with Crippen molar-refractivity contribution in [3.63, 3.8) is 0 Å². The molecule has 0 aliphatic heterocycles. The number of pyridine rings is 1.